The van der Waals surface area contributed by atoms with Gasteiger partial charge in [-0.15, -0.1) is 0 Å². The van der Waals surface area contributed by atoms with Gasteiger partial charge in [0, 0.05) is 43.7 Å². The molecule has 0 saturated heterocycles. The lowest BCUT2D eigenvalue weighted by Crippen LogP contribution is -2.38. The van der Waals surface area contributed by atoms with Crippen LogP contribution in [0.3, 0.4) is 0 Å². The van der Waals surface area contributed by atoms with E-state index in [0.29, 0.717) is 36.7 Å². The first-order chi connectivity index (χ1) is 18.0. The summed E-state index contributed by atoms with van der Waals surface area (Å²) in [7, 11) is -3.96. The Morgan fingerprint density at radius 1 is 0.921 bits per heavy atom. The number of aryl methyl sites for hydroxylation is 1. The van der Waals surface area contributed by atoms with Crippen molar-refractivity contribution in [2.75, 3.05) is 18.8 Å². The zero-order chi connectivity index (χ0) is 28.1. The van der Waals surface area contributed by atoms with Gasteiger partial charge in [-0.25, -0.2) is 13.1 Å². The van der Waals surface area contributed by atoms with E-state index in [-0.39, 0.29) is 22.6 Å². The minimum atomic E-state index is -3.96. The summed E-state index contributed by atoms with van der Waals surface area (Å²) in [6.07, 6.45) is 3.55. The summed E-state index contributed by atoms with van der Waals surface area (Å²) in [5.41, 5.74) is 2.33. The molecular formula is C28H39N3O5S2. The van der Waals surface area contributed by atoms with E-state index in [1.807, 2.05) is 29.0 Å². The van der Waals surface area contributed by atoms with Gasteiger partial charge in [0.25, 0.3) is 10.0 Å². The zero-order valence-electron chi connectivity index (χ0n) is 22.3. The number of hydrogen-bond acceptors (Lipinski definition) is 6. The van der Waals surface area contributed by atoms with Gasteiger partial charge < -0.3 is 10.6 Å². The quantitative estimate of drug-likeness (QED) is 0.195. The molecule has 38 heavy (non-hydrogen) atoms. The molecule has 10 heteroatoms. The Balaban J connectivity index is 1.76. The summed E-state index contributed by atoms with van der Waals surface area (Å²) in [6.45, 7) is 6.10. The van der Waals surface area contributed by atoms with Crippen molar-refractivity contribution in [2.24, 2.45) is 11.8 Å². The molecule has 0 fully saturated rings. The lowest BCUT2D eigenvalue weighted by molar-refractivity contribution is -0.125. The average Bonchev–Trinajstić information content (AvgIpc) is 2.87. The predicted octanol–water partition coefficient (Wildman–Crippen LogP) is 3.72. The minimum absolute atomic E-state index is 0.0215. The largest absolute Gasteiger partial charge is 0.354 e. The van der Waals surface area contributed by atoms with E-state index in [0.717, 1.165) is 43.7 Å². The third kappa shape index (κ3) is 10.5. The number of rotatable bonds is 15. The first kappa shape index (κ1) is 31.4. The molecule has 0 aromatic heterocycles. The Hall–Kier alpha value is -2.85. The van der Waals surface area contributed by atoms with E-state index < -0.39 is 15.9 Å². The highest BCUT2D eigenvalue weighted by molar-refractivity contribution is 7.90. The maximum Gasteiger partial charge on any atom is 0.264 e. The topological polar surface area (TPSA) is 121 Å². The van der Waals surface area contributed by atoms with E-state index in [2.05, 4.69) is 37.1 Å². The monoisotopic (exact) mass is 561 g/mol. The molecule has 2 aromatic carbocycles. The molecule has 208 valence electrons. The van der Waals surface area contributed by atoms with Crippen LogP contribution >= 0.6 is 12.6 Å². The normalized spacial score (nSPS) is 12.1. The Bertz CT molecular complexity index is 1180. The van der Waals surface area contributed by atoms with E-state index in [1.165, 1.54) is 6.07 Å². The van der Waals surface area contributed by atoms with Crippen LogP contribution in [0.15, 0.2) is 53.4 Å². The summed E-state index contributed by atoms with van der Waals surface area (Å²) in [5, 5.41) is 5.71. The third-order valence-electron chi connectivity index (χ3n) is 5.93. The maximum atomic E-state index is 12.5. The molecule has 0 saturated carbocycles. The van der Waals surface area contributed by atoms with Gasteiger partial charge in [-0.05, 0) is 48.8 Å². The number of hydrogen-bond donors (Lipinski definition) is 4. The van der Waals surface area contributed by atoms with Gasteiger partial charge in [0.2, 0.25) is 17.7 Å². The van der Waals surface area contributed by atoms with Gasteiger partial charge in [-0.1, -0.05) is 56.3 Å². The lowest BCUT2D eigenvalue weighted by Gasteiger charge is -2.16. The highest BCUT2D eigenvalue weighted by Crippen LogP contribution is 2.27. The number of amides is 3. The summed E-state index contributed by atoms with van der Waals surface area (Å²) < 4.78 is 27.1. The average molecular weight is 562 g/mol. The second-order valence-corrected chi connectivity index (χ2v) is 11.7. The molecule has 1 atom stereocenters. The molecule has 0 unspecified atom stereocenters. The van der Waals surface area contributed by atoms with Crippen molar-refractivity contribution in [2.45, 2.75) is 57.8 Å². The third-order valence-corrected chi connectivity index (χ3v) is 7.86. The van der Waals surface area contributed by atoms with Crippen molar-refractivity contribution in [1.82, 2.24) is 15.4 Å². The number of carbonyl (C=O) groups excluding carboxylic acids is 3. The van der Waals surface area contributed by atoms with Crippen LogP contribution in [-0.4, -0.2) is 45.0 Å². The number of sulfonamides is 1. The van der Waals surface area contributed by atoms with Gasteiger partial charge in [-0.3, -0.25) is 14.4 Å². The Morgan fingerprint density at radius 2 is 1.58 bits per heavy atom. The van der Waals surface area contributed by atoms with Crippen LogP contribution in [0, 0.1) is 11.8 Å². The van der Waals surface area contributed by atoms with Crippen LogP contribution in [-0.2, 0) is 30.8 Å². The lowest BCUT2D eigenvalue weighted by atomic mass is 9.98. The second kappa shape index (κ2) is 15.5. The van der Waals surface area contributed by atoms with Crippen molar-refractivity contribution < 1.29 is 22.8 Å². The Labute approximate surface area is 231 Å². The van der Waals surface area contributed by atoms with Gasteiger partial charge >= 0.3 is 0 Å². The number of carbonyl (C=O) groups is 3. The van der Waals surface area contributed by atoms with E-state index in [4.69, 9.17) is 0 Å². The molecular weight excluding hydrogens is 522 g/mol. The van der Waals surface area contributed by atoms with Crippen molar-refractivity contribution >= 4 is 40.4 Å². The molecule has 0 heterocycles. The molecule has 0 aliphatic carbocycles. The van der Waals surface area contributed by atoms with E-state index in [9.17, 15) is 22.8 Å². The summed E-state index contributed by atoms with van der Waals surface area (Å²) in [4.78, 5) is 35.6. The van der Waals surface area contributed by atoms with Crippen LogP contribution in [0.2, 0.25) is 0 Å². The van der Waals surface area contributed by atoms with Crippen molar-refractivity contribution in [1.29, 1.82) is 0 Å². The van der Waals surface area contributed by atoms with Gasteiger partial charge in [0.15, 0.2) is 0 Å². The summed E-state index contributed by atoms with van der Waals surface area (Å²) in [5.74, 6) is 0.107. The molecule has 2 aromatic rings. The molecule has 8 nitrogen and oxygen atoms in total. The van der Waals surface area contributed by atoms with Crippen LogP contribution in [0.25, 0.3) is 11.1 Å². The van der Waals surface area contributed by atoms with Crippen LogP contribution < -0.4 is 15.4 Å². The van der Waals surface area contributed by atoms with Crippen molar-refractivity contribution in [3.63, 3.8) is 0 Å². The molecule has 0 aliphatic rings. The van der Waals surface area contributed by atoms with Gasteiger partial charge in [-0.2, -0.15) is 12.6 Å². The number of thiol groups is 1. The molecule has 0 spiro atoms. The summed E-state index contributed by atoms with van der Waals surface area (Å²) >= 11 is 4.26. The molecule has 2 rings (SSSR count). The summed E-state index contributed by atoms with van der Waals surface area (Å²) in [6, 6.07) is 14.1. The molecule has 3 N–H and O–H groups in total. The molecule has 3 amide bonds. The van der Waals surface area contributed by atoms with E-state index in [1.54, 1.807) is 18.2 Å². The van der Waals surface area contributed by atoms with Crippen LogP contribution in [0.1, 0.15) is 52.0 Å². The van der Waals surface area contributed by atoms with Gasteiger partial charge in [0.05, 0.1) is 4.90 Å². The first-order valence-electron chi connectivity index (χ1n) is 12.9. The standard InChI is InChI=1S/C28H39N3O5S2/c1-20(2)18-24(19-37)28(34)30-17-16-29-27(33)11-7-4-8-22-12-14-23(15-13-22)25-9-5-6-10-26(25)38(35,36)31-21(3)32/h5-6,9-10,12-15,20,24,37H,4,7-8,11,16-19H2,1-3H3,(H,29,33)(H,30,34)(H,31,32)/t24-/m1/s1. The van der Waals surface area contributed by atoms with E-state index >= 15 is 0 Å². The number of unbranched alkanes of at least 4 members (excludes halogenated alkanes) is 1. The zero-order valence-corrected chi connectivity index (χ0v) is 24.0. The predicted molar refractivity (Wildman–Crippen MR) is 153 cm³/mol. The highest BCUT2D eigenvalue weighted by atomic mass is 32.2. The second-order valence-electron chi connectivity index (χ2n) is 9.71. The van der Waals surface area contributed by atoms with Crippen molar-refractivity contribution in [3.8, 4) is 11.1 Å². The smallest absolute Gasteiger partial charge is 0.264 e. The molecule has 0 aliphatic heterocycles. The van der Waals surface area contributed by atoms with Crippen LogP contribution in [0.4, 0.5) is 0 Å². The fourth-order valence-electron chi connectivity index (χ4n) is 4.10. The Kier molecular flexibility index (Phi) is 12.8. The fourth-order valence-corrected chi connectivity index (χ4v) is 5.64. The Morgan fingerprint density at radius 3 is 2.21 bits per heavy atom. The maximum absolute atomic E-state index is 12.5. The number of benzene rings is 2. The highest BCUT2D eigenvalue weighted by Gasteiger charge is 2.20. The number of nitrogens with one attached hydrogen (secondary N) is 3. The fraction of sp³-hybridized carbons (Fsp3) is 0.464. The SMILES string of the molecule is CC(=O)NS(=O)(=O)c1ccccc1-c1ccc(CCCCC(=O)NCCNC(=O)[C@@H](CS)CC(C)C)cc1. The first-order valence-corrected chi connectivity index (χ1v) is 15.0. The molecule has 0 radical (unpaired) electrons. The van der Waals surface area contributed by atoms with Gasteiger partial charge in [0.1, 0.15) is 0 Å². The molecule has 0 bridgehead atoms. The minimum Gasteiger partial charge on any atom is -0.354 e. The van der Waals surface area contributed by atoms with Crippen LogP contribution in [0.5, 0.6) is 0 Å². The van der Waals surface area contributed by atoms with Crippen molar-refractivity contribution in [3.05, 3.63) is 54.1 Å².